The summed E-state index contributed by atoms with van der Waals surface area (Å²) in [7, 11) is 0. The van der Waals surface area contributed by atoms with Gasteiger partial charge in [-0.05, 0) is 48.3 Å². The van der Waals surface area contributed by atoms with Gasteiger partial charge in [-0.15, -0.1) is 54.1 Å². The minimum Gasteiger partial charge on any atom is -0.500 e. The third kappa shape index (κ3) is 4.86. The second kappa shape index (κ2) is 11.1. The number of furan rings is 1. The number of aromatic nitrogens is 3. The van der Waals surface area contributed by atoms with Crippen LogP contribution in [0, 0.1) is 26.0 Å². The van der Waals surface area contributed by atoms with Crippen LogP contribution in [0.5, 0.6) is 0 Å². The standard InChI is InChI=1S/C21H13N2O.C12H10N.Ir/c1-13-19-14(10-12-22-13)8-9-16-15-5-4-6-17(20(15)24-21(16)19)18-7-2-3-11-23-18;1-10-7-8-12(13-9-10)11-5-3-2-4-6-11;/h2-5,7-12H,1H3;2-5,7-9H,1H3;/q2*-1;. The van der Waals surface area contributed by atoms with E-state index in [1.54, 1.807) is 6.20 Å². The average molecular weight is 670 g/mol. The van der Waals surface area contributed by atoms with E-state index in [2.05, 4.69) is 45.3 Å². The first-order valence-corrected chi connectivity index (χ1v) is 12.1. The van der Waals surface area contributed by atoms with Crippen molar-refractivity contribution in [2.45, 2.75) is 13.8 Å². The fraction of sp³-hybridized carbons (Fsp3) is 0.0606. The van der Waals surface area contributed by atoms with E-state index in [4.69, 9.17) is 4.42 Å². The van der Waals surface area contributed by atoms with Gasteiger partial charge in [0.1, 0.15) is 5.58 Å². The molecule has 3 aromatic carbocycles. The smallest absolute Gasteiger partial charge is 0.130 e. The summed E-state index contributed by atoms with van der Waals surface area (Å²) in [6.07, 6.45) is 5.49. The van der Waals surface area contributed by atoms with Gasteiger partial charge in [0.15, 0.2) is 0 Å². The molecule has 38 heavy (non-hydrogen) atoms. The zero-order chi connectivity index (χ0) is 25.2. The third-order valence-corrected chi connectivity index (χ3v) is 6.34. The van der Waals surface area contributed by atoms with Gasteiger partial charge in [0.2, 0.25) is 0 Å². The molecule has 0 amide bonds. The largest absolute Gasteiger partial charge is 0.500 e. The maximum Gasteiger partial charge on any atom is 0.130 e. The summed E-state index contributed by atoms with van der Waals surface area (Å²) in [5.41, 5.74) is 7.63. The van der Waals surface area contributed by atoms with E-state index in [0.717, 1.165) is 60.9 Å². The van der Waals surface area contributed by atoms with Crippen molar-refractivity contribution >= 4 is 32.7 Å². The van der Waals surface area contributed by atoms with E-state index >= 15 is 0 Å². The van der Waals surface area contributed by atoms with Crippen LogP contribution in [0.3, 0.4) is 0 Å². The van der Waals surface area contributed by atoms with Crippen molar-refractivity contribution in [3.63, 3.8) is 0 Å². The minimum absolute atomic E-state index is 0. The zero-order valence-electron chi connectivity index (χ0n) is 20.9. The molecule has 0 unspecified atom stereocenters. The third-order valence-electron chi connectivity index (χ3n) is 6.34. The Hall–Kier alpha value is -4.18. The van der Waals surface area contributed by atoms with Gasteiger partial charge >= 0.3 is 0 Å². The van der Waals surface area contributed by atoms with E-state index in [9.17, 15) is 0 Å². The molecule has 7 aromatic rings. The Bertz CT molecular complexity index is 1830. The van der Waals surface area contributed by atoms with Crippen molar-refractivity contribution in [3.05, 3.63) is 127 Å². The Balaban J connectivity index is 0.000000179. The Morgan fingerprint density at radius 3 is 2.29 bits per heavy atom. The maximum atomic E-state index is 6.32. The van der Waals surface area contributed by atoms with Gasteiger partial charge < -0.3 is 14.4 Å². The number of benzene rings is 3. The topological polar surface area (TPSA) is 51.8 Å². The molecule has 0 aliphatic carbocycles. The molecule has 5 heteroatoms. The number of pyridine rings is 3. The van der Waals surface area contributed by atoms with Crippen molar-refractivity contribution < 1.29 is 24.5 Å². The fourth-order valence-electron chi connectivity index (χ4n) is 4.51. The molecule has 0 bridgehead atoms. The first-order valence-electron chi connectivity index (χ1n) is 12.1. The molecule has 1 radical (unpaired) electrons. The van der Waals surface area contributed by atoms with Gasteiger partial charge in [0.05, 0.1) is 5.58 Å². The van der Waals surface area contributed by atoms with Crippen LogP contribution in [0.4, 0.5) is 0 Å². The normalized spacial score (nSPS) is 10.7. The monoisotopic (exact) mass is 670 g/mol. The van der Waals surface area contributed by atoms with Crippen LogP contribution in [-0.2, 0) is 20.1 Å². The van der Waals surface area contributed by atoms with Crippen LogP contribution >= 0.6 is 0 Å². The molecule has 0 aliphatic rings. The molecule has 0 N–H and O–H groups in total. The summed E-state index contributed by atoms with van der Waals surface area (Å²) in [6, 6.07) is 34.4. The molecule has 0 atom stereocenters. The Kier molecular flexibility index (Phi) is 7.41. The molecule has 7 rings (SSSR count). The van der Waals surface area contributed by atoms with Crippen LogP contribution < -0.4 is 0 Å². The number of rotatable bonds is 2. The van der Waals surface area contributed by atoms with Crippen molar-refractivity contribution in [2.75, 3.05) is 0 Å². The molecule has 4 aromatic heterocycles. The minimum atomic E-state index is 0. The molecule has 187 valence electrons. The predicted octanol–water partition coefficient (Wildman–Crippen LogP) is 8.16. The van der Waals surface area contributed by atoms with Gasteiger partial charge in [-0.25, -0.2) is 0 Å². The van der Waals surface area contributed by atoms with Crippen LogP contribution in [0.25, 0.3) is 55.2 Å². The van der Waals surface area contributed by atoms with Crippen LogP contribution in [0.15, 0.2) is 108 Å². The Morgan fingerprint density at radius 1 is 0.658 bits per heavy atom. The number of nitrogens with zero attached hydrogens (tertiary/aromatic N) is 3. The second-order valence-corrected chi connectivity index (χ2v) is 8.85. The first-order chi connectivity index (χ1) is 18.2. The predicted molar refractivity (Wildman–Crippen MR) is 149 cm³/mol. The van der Waals surface area contributed by atoms with Gasteiger partial charge in [0, 0.05) is 55.2 Å². The molecule has 4 nitrogen and oxygen atoms in total. The van der Waals surface area contributed by atoms with Crippen molar-refractivity contribution in [2.24, 2.45) is 0 Å². The molecular formula is C33H23IrN3O-2. The van der Waals surface area contributed by atoms with Gasteiger partial charge in [-0.1, -0.05) is 47.3 Å². The zero-order valence-corrected chi connectivity index (χ0v) is 23.3. The molecule has 4 heterocycles. The Morgan fingerprint density at radius 2 is 1.53 bits per heavy atom. The molecule has 0 spiro atoms. The number of fused-ring (bicyclic) bond motifs is 5. The van der Waals surface area contributed by atoms with Crippen LogP contribution in [0.2, 0.25) is 0 Å². The fourth-order valence-corrected chi connectivity index (χ4v) is 4.51. The Labute approximate surface area is 234 Å². The number of aryl methyl sites for hydroxylation is 2. The van der Waals surface area contributed by atoms with E-state index < -0.39 is 0 Å². The van der Waals surface area contributed by atoms with E-state index in [0.29, 0.717) is 0 Å². The summed E-state index contributed by atoms with van der Waals surface area (Å²) < 4.78 is 6.32. The van der Waals surface area contributed by atoms with E-state index in [1.165, 1.54) is 5.56 Å². The quantitative estimate of drug-likeness (QED) is 0.174. The summed E-state index contributed by atoms with van der Waals surface area (Å²) >= 11 is 0. The van der Waals surface area contributed by atoms with Crippen molar-refractivity contribution in [1.82, 2.24) is 15.0 Å². The molecule has 0 saturated heterocycles. The summed E-state index contributed by atoms with van der Waals surface area (Å²) in [6.45, 7) is 4.05. The van der Waals surface area contributed by atoms with E-state index in [1.807, 2.05) is 93.0 Å². The SMILES string of the molecule is Cc1ccc(-c2[c-]cccc2)nc1.Cc1nccc2ccc3c4cc[c-]c(-c5ccccn5)c4oc3c12.[Ir]. The first kappa shape index (κ1) is 25.5. The van der Waals surface area contributed by atoms with Crippen molar-refractivity contribution in [1.29, 1.82) is 0 Å². The van der Waals surface area contributed by atoms with Crippen LogP contribution in [0.1, 0.15) is 11.3 Å². The van der Waals surface area contributed by atoms with Crippen molar-refractivity contribution in [3.8, 4) is 22.5 Å². The number of hydrogen-bond donors (Lipinski definition) is 0. The summed E-state index contributed by atoms with van der Waals surface area (Å²) in [5, 5.41) is 4.38. The van der Waals surface area contributed by atoms with E-state index in [-0.39, 0.29) is 20.1 Å². The number of hydrogen-bond acceptors (Lipinski definition) is 4. The van der Waals surface area contributed by atoms with Gasteiger partial charge in [0.25, 0.3) is 0 Å². The molecule has 0 aliphatic heterocycles. The molecule has 0 saturated carbocycles. The average Bonchev–Trinajstić information content (AvgIpc) is 3.34. The van der Waals surface area contributed by atoms with Crippen LogP contribution in [-0.4, -0.2) is 15.0 Å². The molecular weight excluding hydrogens is 647 g/mol. The van der Waals surface area contributed by atoms with Gasteiger partial charge in [-0.2, -0.15) is 0 Å². The second-order valence-electron chi connectivity index (χ2n) is 8.85. The molecule has 0 fully saturated rings. The summed E-state index contributed by atoms with van der Waals surface area (Å²) in [5.74, 6) is 0. The van der Waals surface area contributed by atoms with Gasteiger partial charge in [-0.3, -0.25) is 4.98 Å². The maximum absolute atomic E-state index is 6.32. The summed E-state index contributed by atoms with van der Waals surface area (Å²) in [4.78, 5) is 13.2.